The number of nitrogens with one attached hydrogen (secondary N) is 1. The molecule has 7 nitrogen and oxygen atoms in total. The second-order valence-electron chi connectivity index (χ2n) is 9.07. The van der Waals surface area contributed by atoms with Crippen molar-refractivity contribution in [1.29, 1.82) is 0 Å². The number of hydrogen-bond donors (Lipinski definition) is 1. The van der Waals surface area contributed by atoms with Crippen molar-refractivity contribution >= 4 is 11.6 Å². The van der Waals surface area contributed by atoms with Crippen LogP contribution in [0.1, 0.15) is 37.1 Å². The zero-order chi connectivity index (χ0) is 24.6. The van der Waals surface area contributed by atoms with Crippen molar-refractivity contribution < 1.29 is 18.7 Å². The summed E-state index contributed by atoms with van der Waals surface area (Å²) in [6.07, 6.45) is 1.68. The van der Waals surface area contributed by atoms with Gasteiger partial charge in [-0.15, -0.1) is 0 Å². The predicted molar refractivity (Wildman–Crippen MR) is 137 cm³/mol. The Balaban J connectivity index is 1.29. The summed E-state index contributed by atoms with van der Waals surface area (Å²) in [5.74, 6) is 2.73. The number of amides is 1. The summed E-state index contributed by atoms with van der Waals surface area (Å²) in [7, 11) is 1.68. The Morgan fingerprint density at radius 1 is 0.971 bits per heavy atom. The Morgan fingerprint density at radius 2 is 1.66 bits per heavy atom. The van der Waals surface area contributed by atoms with Gasteiger partial charge in [-0.2, -0.15) is 0 Å². The topological polar surface area (TPSA) is 67.2 Å². The van der Waals surface area contributed by atoms with Crippen LogP contribution in [0, 0.1) is 0 Å². The van der Waals surface area contributed by atoms with Crippen molar-refractivity contribution in [3.63, 3.8) is 0 Å². The predicted octanol–water partition coefficient (Wildman–Crippen LogP) is 4.47. The first-order chi connectivity index (χ1) is 17.0. The van der Waals surface area contributed by atoms with Crippen molar-refractivity contribution in [1.82, 2.24) is 10.2 Å². The summed E-state index contributed by atoms with van der Waals surface area (Å²) in [5.41, 5.74) is 2.43. The average Bonchev–Trinajstić information content (AvgIpc) is 3.43. The number of rotatable bonds is 10. The molecule has 186 valence electrons. The minimum atomic E-state index is -0.147. The first-order valence-corrected chi connectivity index (χ1v) is 12.2. The molecule has 0 radical (unpaired) electrons. The smallest absolute Gasteiger partial charge is 0.258 e. The Bertz CT molecular complexity index is 1040. The second-order valence-corrected chi connectivity index (χ2v) is 9.07. The van der Waals surface area contributed by atoms with E-state index in [0.717, 1.165) is 37.7 Å². The molecule has 2 heterocycles. The Labute approximate surface area is 207 Å². The van der Waals surface area contributed by atoms with E-state index in [4.69, 9.17) is 13.9 Å². The summed E-state index contributed by atoms with van der Waals surface area (Å²) in [4.78, 5) is 17.3. The monoisotopic (exact) mass is 477 g/mol. The van der Waals surface area contributed by atoms with Crippen LogP contribution in [-0.2, 0) is 4.79 Å². The maximum Gasteiger partial charge on any atom is 0.258 e. The van der Waals surface area contributed by atoms with Gasteiger partial charge in [-0.1, -0.05) is 26.0 Å². The van der Waals surface area contributed by atoms with Gasteiger partial charge in [0.1, 0.15) is 17.3 Å². The summed E-state index contributed by atoms with van der Waals surface area (Å²) >= 11 is 0. The SMILES string of the molecule is COc1ccc(N2CCN(C(CNC(=O)COc3ccc(C(C)C)cc3)c3ccco3)CC2)cc1. The normalized spacial score (nSPS) is 15.1. The van der Waals surface area contributed by atoms with Gasteiger partial charge in [0.05, 0.1) is 19.4 Å². The largest absolute Gasteiger partial charge is 0.497 e. The maximum atomic E-state index is 12.5. The zero-order valence-corrected chi connectivity index (χ0v) is 20.8. The molecule has 1 fully saturated rings. The van der Waals surface area contributed by atoms with Crippen LogP contribution in [0.3, 0.4) is 0 Å². The molecule has 0 aliphatic carbocycles. The number of piperazine rings is 1. The maximum absolute atomic E-state index is 12.5. The van der Waals surface area contributed by atoms with Gasteiger partial charge in [0, 0.05) is 38.4 Å². The molecule has 0 saturated carbocycles. The molecule has 35 heavy (non-hydrogen) atoms. The number of ether oxygens (including phenoxy) is 2. The lowest BCUT2D eigenvalue weighted by Gasteiger charge is -2.39. The van der Waals surface area contributed by atoms with Crippen LogP contribution >= 0.6 is 0 Å². The highest BCUT2D eigenvalue weighted by molar-refractivity contribution is 5.77. The number of nitrogens with zero attached hydrogens (tertiary/aromatic N) is 2. The van der Waals surface area contributed by atoms with E-state index in [1.807, 2.05) is 48.5 Å². The van der Waals surface area contributed by atoms with Crippen molar-refractivity contribution in [2.24, 2.45) is 0 Å². The Kier molecular flexibility index (Phi) is 8.32. The van der Waals surface area contributed by atoms with Gasteiger partial charge in [0.2, 0.25) is 0 Å². The lowest BCUT2D eigenvalue weighted by Crippen LogP contribution is -2.50. The van der Waals surface area contributed by atoms with Gasteiger partial charge in [-0.3, -0.25) is 9.69 Å². The fourth-order valence-corrected chi connectivity index (χ4v) is 4.33. The molecule has 1 aliphatic heterocycles. The van der Waals surface area contributed by atoms with Crippen LogP contribution in [0.25, 0.3) is 0 Å². The number of carbonyl (C=O) groups is 1. The number of benzene rings is 2. The first kappa shape index (κ1) is 24.7. The molecule has 1 saturated heterocycles. The van der Waals surface area contributed by atoms with Gasteiger partial charge in [-0.05, 0) is 60.0 Å². The van der Waals surface area contributed by atoms with Crippen molar-refractivity contribution in [2.75, 3.05) is 51.3 Å². The van der Waals surface area contributed by atoms with Crippen LogP contribution in [0.5, 0.6) is 11.5 Å². The number of furan rings is 1. The quantitative estimate of drug-likeness (QED) is 0.465. The van der Waals surface area contributed by atoms with Crippen LogP contribution in [0.2, 0.25) is 0 Å². The molecule has 4 rings (SSSR count). The van der Waals surface area contributed by atoms with E-state index < -0.39 is 0 Å². The fourth-order valence-electron chi connectivity index (χ4n) is 4.33. The number of anilines is 1. The van der Waals surface area contributed by atoms with Crippen molar-refractivity contribution in [3.05, 3.63) is 78.3 Å². The highest BCUT2D eigenvalue weighted by Crippen LogP contribution is 2.25. The molecule has 1 amide bonds. The molecule has 1 unspecified atom stereocenters. The molecule has 7 heteroatoms. The standard InChI is InChI=1S/C28H35N3O4/c1-21(2)22-6-10-25(11-7-22)35-20-28(32)29-19-26(27-5-4-18-34-27)31-16-14-30(15-17-31)23-8-12-24(33-3)13-9-23/h4-13,18,21,26H,14-17,19-20H2,1-3H3,(H,29,32). The third-order valence-corrected chi connectivity index (χ3v) is 6.47. The second kappa shape index (κ2) is 11.8. The lowest BCUT2D eigenvalue weighted by molar-refractivity contribution is -0.123. The van der Waals surface area contributed by atoms with Crippen LogP contribution < -0.4 is 19.7 Å². The molecular weight excluding hydrogens is 442 g/mol. The van der Waals surface area contributed by atoms with Gasteiger partial charge in [0.25, 0.3) is 5.91 Å². The van der Waals surface area contributed by atoms with E-state index in [9.17, 15) is 4.79 Å². The lowest BCUT2D eigenvalue weighted by atomic mass is 10.0. The number of carbonyl (C=O) groups excluding carboxylic acids is 1. The molecule has 1 atom stereocenters. The van der Waals surface area contributed by atoms with Crippen LogP contribution in [-0.4, -0.2) is 57.2 Å². The fraction of sp³-hybridized carbons (Fsp3) is 0.393. The van der Waals surface area contributed by atoms with Gasteiger partial charge in [-0.25, -0.2) is 0 Å². The molecule has 3 aromatic rings. The minimum Gasteiger partial charge on any atom is -0.497 e. The van der Waals surface area contributed by atoms with Crippen LogP contribution in [0.15, 0.2) is 71.3 Å². The zero-order valence-electron chi connectivity index (χ0n) is 20.8. The highest BCUT2D eigenvalue weighted by Gasteiger charge is 2.27. The van der Waals surface area contributed by atoms with E-state index in [2.05, 4.69) is 41.1 Å². The molecule has 0 spiro atoms. The number of methoxy groups -OCH3 is 1. The Morgan fingerprint density at radius 3 is 2.26 bits per heavy atom. The summed E-state index contributed by atoms with van der Waals surface area (Å²) in [5, 5.41) is 3.03. The summed E-state index contributed by atoms with van der Waals surface area (Å²) in [6.45, 7) is 8.27. The molecule has 2 aromatic carbocycles. The van der Waals surface area contributed by atoms with Crippen molar-refractivity contribution in [3.8, 4) is 11.5 Å². The minimum absolute atomic E-state index is 0.0167. The third kappa shape index (κ3) is 6.57. The number of hydrogen-bond acceptors (Lipinski definition) is 6. The van der Waals surface area contributed by atoms with E-state index in [-0.39, 0.29) is 18.6 Å². The van der Waals surface area contributed by atoms with Gasteiger partial charge < -0.3 is 24.1 Å². The van der Waals surface area contributed by atoms with Crippen LogP contribution in [0.4, 0.5) is 5.69 Å². The summed E-state index contributed by atoms with van der Waals surface area (Å²) < 4.78 is 16.7. The molecule has 0 bridgehead atoms. The van der Waals surface area contributed by atoms with E-state index in [1.54, 1.807) is 13.4 Å². The van der Waals surface area contributed by atoms with Crippen molar-refractivity contribution in [2.45, 2.75) is 25.8 Å². The molecule has 1 aromatic heterocycles. The molecule has 1 aliphatic rings. The van der Waals surface area contributed by atoms with E-state index in [1.165, 1.54) is 11.3 Å². The Hall–Kier alpha value is -3.45. The van der Waals surface area contributed by atoms with Gasteiger partial charge >= 0.3 is 0 Å². The summed E-state index contributed by atoms with van der Waals surface area (Å²) in [6, 6.07) is 19.9. The molecule has 1 N–H and O–H groups in total. The molecular formula is C28H35N3O4. The van der Waals surface area contributed by atoms with E-state index >= 15 is 0 Å². The average molecular weight is 478 g/mol. The van der Waals surface area contributed by atoms with E-state index in [0.29, 0.717) is 18.2 Å². The first-order valence-electron chi connectivity index (χ1n) is 12.2. The highest BCUT2D eigenvalue weighted by atomic mass is 16.5. The van der Waals surface area contributed by atoms with Gasteiger partial charge in [0.15, 0.2) is 6.61 Å². The third-order valence-electron chi connectivity index (χ3n) is 6.47.